The van der Waals surface area contributed by atoms with Gasteiger partial charge in [-0.3, -0.25) is 5.06 Å². The molecule has 5 nitrogen and oxygen atoms in total. The Bertz CT molecular complexity index is 426. The first-order valence-corrected chi connectivity index (χ1v) is 4.88. The first kappa shape index (κ1) is 12.5. The van der Waals surface area contributed by atoms with E-state index in [1.807, 2.05) is 0 Å². The van der Waals surface area contributed by atoms with Gasteiger partial charge in [-0.25, -0.2) is 4.79 Å². The molecule has 0 bridgehead atoms. The van der Waals surface area contributed by atoms with Gasteiger partial charge in [0.15, 0.2) is 0 Å². The van der Waals surface area contributed by atoms with Crippen molar-refractivity contribution in [3.8, 4) is 0 Å². The van der Waals surface area contributed by atoms with Gasteiger partial charge in [0.05, 0.1) is 0 Å². The molecule has 0 saturated carbocycles. The number of benzene rings is 1. The summed E-state index contributed by atoms with van der Waals surface area (Å²) in [6.07, 6.45) is 0.294. The summed E-state index contributed by atoms with van der Waals surface area (Å²) in [7, 11) is 0. The van der Waals surface area contributed by atoms with Crippen molar-refractivity contribution in [3.05, 3.63) is 32.4 Å². The second-order valence-corrected chi connectivity index (χ2v) is 3.80. The minimum atomic E-state index is -0.557. The van der Waals surface area contributed by atoms with Gasteiger partial charge in [-0.2, -0.15) is 0 Å². The van der Waals surface area contributed by atoms with Crippen LogP contribution in [0.5, 0.6) is 0 Å². The van der Waals surface area contributed by atoms with Crippen LogP contribution in [-0.2, 0) is 4.79 Å². The van der Waals surface area contributed by atoms with E-state index in [9.17, 15) is 14.9 Å². The van der Waals surface area contributed by atoms with Crippen LogP contribution in [0.3, 0.4) is 0 Å². The molecule has 1 atom stereocenters. The number of nitrogens with zero attached hydrogens (tertiary/aromatic N) is 1. The highest BCUT2D eigenvalue weighted by Gasteiger charge is 2.19. The third-order valence-corrected chi connectivity index (χ3v) is 3.03. The van der Waals surface area contributed by atoms with Gasteiger partial charge in [0, 0.05) is 11.1 Å². The van der Waals surface area contributed by atoms with Crippen LogP contribution in [-0.4, -0.2) is 6.41 Å². The van der Waals surface area contributed by atoms with E-state index in [2.05, 4.69) is 5.18 Å². The average Bonchev–Trinajstić information content (AvgIpc) is 2.27. The predicted octanol–water partition coefficient (Wildman–Crippen LogP) is 1.49. The zero-order valence-electron chi connectivity index (χ0n) is 9.75. The summed E-state index contributed by atoms with van der Waals surface area (Å²) in [6.45, 7) is 6.88. The van der Waals surface area contributed by atoms with Gasteiger partial charge in [0.25, 0.3) is 0 Å². The highest BCUT2D eigenvalue weighted by Crippen LogP contribution is 2.33. The first-order valence-electron chi connectivity index (χ1n) is 4.88. The van der Waals surface area contributed by atoms with Crippen molar-refractivity contribution in [2.45, 2.75) is 27.7 Å². The summed E-state index contributed by atoms with van der Waals surface area (Å²) < 4.78 is 0. The zero-order chi connectivity index (χ0) is 12.5. The molecular weight excluding hydrogens is 208 g/mol. The Kier molecular flexibility index (Phi) is 3.51. The van der Waals surface area contributed by atoms with Gasteiger partial charge >= 0.3 is 6.41 Å². The molecule has 1 rings (SSSR count). The van der Waals surface area contributed by atoms with E-state index >= 15 is 0 Å². The Hall–Kier alpha value is -1.59. The van der Waals surface area contributed by atoms with Crippen LogP contribution in [0.1, 0.15) is 22.3 Å². The van der Waals surface area contributed by atoms with Gasteiger partial charge in [-0.1, -0.05) is 0 Å². The molecule has 86 valence electrons. The number of nitrogens with one attached hydrogen (secondary N) is 1. The summed E-state index contributed by atoms with van der Waals surface area (Å²) in [5.41, 5.74) is 3.35. The molecule has 1 amide bonds. The molecule has 1 aromatic rings. The molecule has 16 heavy (non-hydrogen) atoms. The maximum Gasteiger partial charge on any atom is 0.304 e. The van der Waals surface area contributed by atoms with Crippen molar-refractivity contribution in [1.29, 1.82) is 0 Å². The number of hydrogen-bond donors (Lipinski definition) is 1. The van der Waals surface area contributed by atoms with Crippen molar-refractivity contribution in [2.24, 2.45) is 5.18 Å². The van der Waals surface area contributed by atoms with Crippen molar-refractivity contribution < 1.29 is 9.86 Å². The number of quaternary nitrogens is 1. The Labute approximate surface area is 93.6 Å². The molecule has 0 heterocycles. The van der Waals surface area contributed by atoms with Gasteiger partial charge in [0.1, 0.15) is 11.4 Å². The normalized spacial score (nSPS) is 12.3. The van der Waals surface area contributed by atoms with Crippen molar-refractivity contribution in [1.82, 2.24) is 0 Å². The van der Waals surface area contributed by atoms with E-state index in [0.29, 0.717) is 40.0 Å². The molecular formula is C11H14N2O3. The smallest absolute Gasteiger partial charge is 0.304 e. The van der Waals surface area contributed by atoms with E-state index in [1.165, 1.54) is 0 Å². The fourth-order valence-electron chi connectivity index (χ4n) is 1.86. The summed E-state index contributed by atoms with van der Waals surface area (Å²) in [6, 6.07) is 0. The summed E-state index contributed by atoms with van der Waals surface area (Å²) in [5, 5.41) is 13.9. The minimum Gasteiger partial charge on any atom is -0.621 e. The molecule has 0 aliphatic carbocycles. The number of hydroxylamine groups is 1. The number of hydrogen-bond acceptors (Lipinski definition) is 4. The molecule has 0 aliphatic rings. The van der Waals surface area contributed by atoms with Crippen LogP contribution < -0.4 is 5.06 Å². The molecule has 1 aromatic carbocycles. The van der Waals surface area contributed by atoms with Gasteiger partial charge in [0.2, 0.25) is 0 Å². The summed E-state index contributed by atoms with van der Waals surface area (Å²) >= 11 is 0. The molecule has 0 spiro atoms. The van der Waals surface area contributed by atoms with E-state index < -0.39 is 5.06 Å². The maximum atomic E-state index is 11.5. The third-order valence-electron chi connectivity index (χ3n) is 3.03. The highest BCUT2D eigenvalue weighted by molar-refractivity contribution is 5.68. The largest absolute Gasteiger partial charge is 0.621 e. The summed E-state index contributed by atoms with van der Waals surface area (Å²) in [4.78, 5) is 21.3. The number of amides is 1. The molecule has 0 aromatic heterocycles. The van der Waals surface area contributed by atoms with E-state index in [4.69, 9.17) is 0 Å². The summed E-state index contributed by atoms with van der Waals surface area (Å²) in [5.74, 6) is 0. The number of rotatable bonds is 3. The Morgan fingerprint density at radius 1 is 1.06 bits per heavy atom. The van der Waals surface area contributed by atoms with Crippen LogP contribution in [0.4, 0.5) is 11.4 Å². The lowest BCUT2D eigenvalue weighted by molar-refractivity contribution is -0.677. The Morgan fingerprint density at radius 3 is 1.81 bits per heavy atom. The minimum absolute atomic E-state index is 0.294. The lowest BCUT2D eigenvalue weighted by Gasteiger charge is -2.21. The van der Waals surface area contributed by atoms with Gasteiger partial charge < -0.3 is 5.21 Å². The van der Waals surface area contributed by atoms with Crippen LogP contribution in [0.2, 0.25) is 0 Å². The fourth-order valence-corrected chi connectivity index (χ4v) is 1.86. The second-order valence-electron chi connectivity index (χ2n) is 3.80. The van der Waals surface area contributed by atoms with Crippen molar-refractivity contribution >= 4 is 17.8 Å². The molecule has 1 N–H and O–H groups in total. The molecule has 0 aliphatic heterocycles. The first-order chi connectivity index (χ1) is 7.45. The topological polar surface area (TPSA) is 74.0 Å². The van der Waals surface area contributed by atoms with Crippen molar-refractivity contribution in [3.63, 3.8) is 0 Å². The van der Waals surface area contributed by atoms with Crippen LogP contribution in [0.25, 0.3) is 0 Å². The monoisotopic (exact) mass is 222 g/mol. The zero-order valence-corrected chi connectivity index (χ0v) is 9.75. The molecule has 1 unspecified atom stereocenters. The Balaban J connectivity index is 3.65. The lowest BCUT2D eigenvalue weighted by atomic mass is 9.96. The fraction of sp³-hybridized carbons (Fsp3) is 0.364. The molecule has 5 heteroatoms. The van der Waals surface area contributed by atoms with Crippen LogP contribution >= 0.6 is 0 Å². The number of nitroso groups, excluding NO2 is 1. The third kappa shape index (κ3) is 1.75. The lowest BCUT2D eigenvalue weighted by Crippen LogP contribution is -3.01. The van der Waals surface area contributed by atoms with Crippen LogP contribution in [0.15, 0.2) is 5.18 Å². The Morgan fingerprint density at radius 2 is 1.50 bits per heavy atom. The quantitative estimate of drug-likeness (QED) is 0.478. The van der Waals surface area contributed by atoms with Gasteiger partial charge in [-0.15, -0.1) is 4.91 Å². The number of carbonyl (C=O) groups excluding carboxylic acids is 1. The molecule has 0 saturated heterocycles. The number of carbonyl (C=O) groups is 1. The van der Waals surface area contributed by atoms with E-state index in [-0.39, 0.29) is 0 Å². The highest BCUT2D eigenvalue weighted by atomic mass is 16.5. The van der Waals surface area contributed by atoms with Gasteiger partial charge in [-0.05, 0) is 44.0 Å². The SMILES string of the molecule is Cc1c(C)c([NH+]([O-])C=O)c(C)c(C)c1N=O. The van der Waals surface area contributed by atoms with E-state index in [0.717, 1.165) is 0 Å². The second kappa shape index (κ2) is 4.51. The molecule has 0 fully saturated rings. The maximum absolute atomic E-state index is 11.5. The predicted molar refractivity (Wildman–Crippen MR) is 60.9 cm³/mol. The van der Waals surface area contributed by atoms with Crippen LogP contribution in [0, 0.1) is 37.8 Å². The average molecular weight is 222 g/mol. The van der Waals surface area contributed by atoms with E-state index in [1.54, 1.807) is 27.7 Å². The van der Waals surface area contributed by atoms with Crippen molar-refractivity contribution in [2.75, 3.05) is 0 Å². The molecule has 0 radical (unpaired) electrons. The standard InChI is InChI=1S/C11H14N2O3/c1-6-8(3)11(13(16)5-14)9(4)7(2)10(6)12-15/h5,13H,1-4H3.